The van der Waals surface area contributed by atoms with E-state index in [2.05, 4.69) is 4.98 Å². The van der Waals surface area contributed by atoms with E-state index < -0.39 is 26.7 Å². The Bertz CT molecular complexity index is 1530. The van der Waals surface area contributed by atoms with Crippen molar-refractivity contribution in [1.29, 1.82) is 0 Å². The van der Waals surface area contributed by atoms with Gasteiger partial charge in [-0.3, -0.25) is 0 Å². The van der Waals surface area contributed by atoms with Gasteiger partial charge in [0, 0.05) is 22.9 Å². The summed E-state index contributed by atoms with van der Waals surface area (Å²) in [5, 5.41) is 21.2. The molecule has 5 rings (SSSR count). The zero-order valence-corrected chi connectivity index (χ0v) is 20.0. The lowest BCUT2D eigenvalue weighted by Gasteiger charge is -2.10. The number of rotatable bonds is 8. The van der Waals surface area contributed by atoms with E-state index in [9.17, 15) is 22.7 Å². The normalized spacial score (nSPS) is 13.8. The summed E-state index contributed by atoms with van der Waals surface area (Å²) >= 11 is 1.19. The second-order valence-corrected chi connectivity index (χ2v) is 10.9. The SMILES string of the molecule is NS(=O)(=O)c1ccc(Cc2c(-c3ccccc3)nn(-c3nc(C(=O)O)cs3)c2CC2CC2)cc1F. The van der Waals surface area contributed by atoms with Crippen LogP contribution in [-0.2, 0) is 22.9 Å². The molecule has 0 aliphatic heterocycles. The van der Waals surface area contributed by atoms with E-state index in [0.717, 1.165) is 36.1 Å². The molecule has 1 fully saturated rings. The summed E-state index contributed by atoms with van der Waals surface area (Å²) in [7, 11) is -4.17. The molecule has 2 aromatic heterocycles. The summed E-state index contributed by atoms with van der Waals surface area (Å²) in [4.78, 5) is 15.1. The lowest BCUT2D eigenvalue weighted by molar-refractivity contribution is 0.0691. The van der Waals surface area contributed by atoms with E-state index >= 15 is 0 Å². The predicted octanol–water partition coefficient (Wildman–Crippen LogP) is 4.02. The molecule has 0 amide bonds. The Labute approximate surface area is 204 Å². The molecule has 0 spiro atoms. The van der Waals surface area contributed by atoms with Gasteiger partial charge in [-0.25, -0.2) is 32.4 Å². The Morgan fingerprint density at radius 1 is 1.20 bits per heavy atom. The van der Waals surface area contributed by atoms with Gasteiger partial charge in [0.2, 0.25) is 15.2 Å². The molecule has 1 saturated carbocycles. The van der Waals surface area contributed by atoms with Crippen molar-refractivity contribution in [2.24, 2.45) is 11.1 Å². The van der Waals surface area contributed by atoms with Crippen molar-refractivity contribution in [2.45, 2.75) is 30.6 Å². The smallest absolute Gasteiger partial charge is 0.355 e. The van der Waals surface area contributed by atoms with Gasteiger partial charge in [-0.15, -0.1) is 11.3 Å². The van der Waals surface area contributed by atoms with Gasteiger partial charge in [-0.1, -0.05) is 36.4 Å². The Morgan fingerprint density at radius 3 is 2.54 bits per heavy atom. The summed E-state index contributed by atoms with van der Waals surface area (Å²) in [5.41, 5.74) is 3.79. The average Bonchev–Trinajstić information content (AvgIpc) is 3.36. The maximum Gasteiger partial charge on any atom is 0.355 e. The zero-order valence-electron chi connectivity index (χ0n) is 18.4. The fourth-order valence-electron chi connectivity index (χ4n) is 4.01. The first-order valence-corrected chi connectivity index (χ1v) is 13.3. The Kier molecular flexibility index (Phi) is 5.99. The summed E-state index contributed by atoms with van der Waals surface area (Å²) in [6.07, 6.45) is 3.18. The van der Waals surface area contributed by atoms with Crippen LogP contribution in [0.4, 0.5) is 4.39 Å². The highest BCUT2D eigenvalue weighted by molar-refractivity contribution is 7.89. The zero-order chi connectivity index (χ0) is 24.7. The number of benzene rings is 2. The molecule has 180 valence electrons. The molecule has 2 aromatic carbocycles. The van der Waals surface area contributed by atoms with E-state index in [-0.39, 0.29) is 5.69 Å². The molecule has 1 aliphatic carbocycles. The van der Waals surface area contributed by atoms with Gasteiger partial charge in [-0.05, 0) is 42.9 Å². The molecule has 4 aromatic rings. The number of carboxylic acids is 1. The van der Waals surface area contributed by atoms with Crippen LogP contribution in [0.25, 0.3) is 16.4 Å². The van der Waals surface area contributed by atoms with Crippen molar-refractivity contribution in [3.63, 3.8) is 0 Å². The fourth-order valence-corrected chi connectivity index (χ4v) is 5.37. The van der Waals surface area contributed by atoms with E-state index in [1.54, 1.807) is 10.7 Å². The molecule has 8 nitrogen and oxygen atoms in total. The number of nitrogens with two attached hydrogens (primary N) is 1. The Balaban J connectivity index is 1.66. The molecule has 0 unspecified atom stereocenters. The maximum absolute atomic E-state index is 14.6. The quantitative estimate of drug-likeness (QED) is 0.367. The van der Waals surface area contributed by atoms with Crippen molar-refractivity contribution < 1.29 is 22.7 Å². The fraction of sp³-hybridized carbons (Fsp3) is 0.208. The summed E-state index contributed by atoms with van der Waals surface area (Å²) in [6.45, 7) is 0. The largest absolute Gasteiger partial charge is 0.476 e. The van der Waals surface area contributed by atoms with E-state index in [0.29, 0.717) is 28.7 Å². The number of hydrogen-bond donors (Lipinski definition) is 2. The molecular weight excluding hydrogens is 491 g/mol. The molecule has 35 heavy (non-hydrogen) atoms. The second kappa shape index (κ2) is 8.99. The number of carboxylic acid groups (broad SMARTS) is 1. The number of sulfonamides is 1. The van der Waals surface area contributed by atoms with E-state index in [1.807, 2.05) is 30.3 Å². The topological polar surface area (TPSA) is 128 Å². The monoisotopic (exact) mass is 512 g/mol. The second-order valence-electron chi connectivity index (χ2n) is 8.51. The highest BCUT2D eigenvalue weighted by Gasteiger charge is 2.29. The van der Waals surface area contributed by atoms with Gasteiger partial charge < -0.3 is 5.11 Å². The Morgan fingerprint density at radius 2 is 1.94 bits per heavy atom. The number of thiazole rings is 1. The maximum atomic E-state index is 14.6. The number of nitrogens with zero attached hydrogens (tertiary/aromatic N) is 3. The van der Waals surface area contributed by atoms with Crippen molar-refractivity contribution >= 4 is 27.3 Å². The van der Waals surface area contributed by atoms with Crippen LogP contribution in [-0.4, -0.2) is 34.3 Å². The van der Waals surface area contributed by atoms with Crippen molar-refractivity contribution in [2.75, 3.05) is 0 Å². The van der Waals surface area contributed by atoms with Gasteiger partial charge in [0.25, 0.3) is 0 Å². The number of halogens is 1. The molecular formula is C24H21FN4O4S2. The number of aromatic carboxylic acids is 1. The van der Waals surface area contributed by atoms with Crippen LogP contribution in [0.5, 0.6) is 0 Å². The number of carbonyl (C=O) groups is 1. The van der Waals surface area contributed by atoms with Gasteiger partial charge in [0.15, 0.2) is 5.69 Å². The standard InChI is InChI=1S/C24H21FN4O4S2/c25-18-11-15(8-9-21(18)35(26,32)33)10-17-20(12-14-6-7-14)29(24-27-19(13-34-24)23(30)31)28-22(17)16-4-2-1-3-5-16/h1-5,8-9,11,13-14H,6-7,10,12H2,(H,30,31)(H2,26,32,33). The third-order valence-corrected chi connectivity index (χ3v) is 7.65. The first kappa shape index (κ1) is 23.3. The van der Waals surface area contributed by atoms with Crippen molar-refractivity contribution in [3.05, 3.63) is 82.2 Å². The molecule has 0 bridgehead atoms. The predicted molar refractivity (Wildman–Crippen MR) is 129 cm³/mol. The third-order valence-electron chi connectivity index (χ3n) is 5.89. The summed E-state index contributed by atoms with van der Waals surface area (Å²) in [6, 6.07) is 13.4. The highest BCUT2D eigenvalue weighted by atomic mass is 32.2. The summed E-state index contributed by atoms with van der Waals surface area (Å²) in [5.74, 6) is -1.54. The first-order chi connectivity index (χ1) is 16.7. The molecule has 3 N–H and O–H groups in total. The molecule has 1 aliphatic rings. The van der Waals surface area contributed by atoms with Gasteiger partial charge >= 0.3 is 5.97 Å². The number of primary sulfonamides is 1. The summed E-state index contributed by atoms with van der Waals surface area (Å²) < 4.78 is 39.6. The molecule has 0 radical (unpaired) electrons. The molecule has 2 heterocycles. The number of aromatic nitrogens is 3. The van der Waals surface area contributed by atoms with Crippen LogP contribution in [0, 0.1) is 11.7 Å². The van der Waals surface area contributed by atoms with Gasteiger partial charge in [-0.2, -0.15) is 5.10 Å². The van der Waals surface area contributed by atoms with Crippen LogP contribution in [0.2, 0.25) is 0 Å². The van der Waals surface area contributed by atoms with Crippen LogP contribution in [0.15, 0.2) is 58.8 Å². The third kappa shape index (κ3) is 4.88. The van der Waals surface area contributed by atoms with Crippen LogP contribution in [0.3, 0.4) is 0 Å². The van der Waals surface area contributed by atoms with Crippen LogP contribution >= 0.6 is 11.3 Å². The van der Waals surface area contributed by atoms with Crippen molar-refractivity contribution in [1.82, 2.24) is 14.8 Å². The lowest BCUT2D eigenvalue weighted by atomic mass is 9.97. The van der Waals surface area contributed by atoms with Gasteiger partial charge in [0.1, 0.15) is 10.7 Å². The minimum atomic E-state index is -4.17. The van der Waals surface area contributed by atoms with Gasteiger partial charge in [0.05, 0.1) is 11.4 Å². The highest BCUT2D eigenvalue weighted by Crippen LogP contribution is 2.38. The molecule has 0 saturated heterocycles. The van der Waals surface area contributed by atoms with Crippen LogP contribution in [0.1, 0.15) is 40.2 Å². The number of hydrogen-bond acceptors (Lipinski definition) is 6. The first-order valence-electron chi connectivity index (χ1n) is 10.9. The minimum Gasteiger partial charge on any atom is -0.476 e. The van der Waals surface area contributed by atoms with Crippen LogP contribution < -0.4 is 5.14 Å². The molecule has 0 atom stereocenters. The van der Waals surface area contributed by atoms with Crippen molar-refractivity contribution in [3.8, 4) is 16.4 Å². The lowest BCUT2D eigenvalue weighted by Crippen LogP contribution is -2.14. The van der Waals surface area contributed by atoms with E-state index in [4.69, 9.17) is 10.2 Å². The Hall–Kier alpha value is -3.41. The minimum absolute atomic E-state index is 0.0543. The molecule has 11 heteroatoms. The average molecular weight is 513 g/mol. The van der Waals surface area contributed by atoms with E-state index in [1.165, 1.54) is 28.8 Å².